The summed E-state index contributed by atoms with van der Waals surface area (Å²) in [5.41, 5.74) is 0. The van der Waals surface area contributed by atoms with Crippen LogP contribution in [0, 0.1) is 11.8 Å². The molecule has 98 valence electrons. The van der Waals surface area contributed by atoms with Crippen molar-refractivity contribution in [3.63, 3.8) is 0 Å². The van der Waals surface area contributed by atoms with Crippen LogP contribution in [0.15, 0.2) is 0 Å². The molecule has 17 heavy (non-hydrogen) atoms. The summed E-state index contributed by atoms with van der Waals surface area (Å²) in [6.45, 7) is 3.89. The van der Waals surface area contributed by atoms with Gasteiger partial charge in [-0.2, -0.15) is 0 Å². The molecule has 0 bridgehead atoms. The molecule has 2 atom stereocenters. The molecule has 1 fully saturated rings. The Balaban J connectivity index is 2.20. The summed E-state index contributed by atoms with van der Waals surface area (Å²) in [7, 11) is 0. The number of carboxylic acids is 1. The summed E-state index contributed by atoms with van der Waals surface area (Å²) in [6, 6.07) is 0. The van der Waals surface area contributed by atoms with E-state index in [-0.39, 0.29) is 17.7 Å². The predicted molar refractivity (Wildman–Crippen MR) is 64.6 cm³/mol. The summed E-state index contributed by atoms with van der Waals surface area (Å²) in [4.78, 5) is 21.8. The van der Waals surface area contributed by atoms with Gasteiger partial charge < -0.3 is 15.7 Å². The summed E-state index contributed by atoms with van der Waals surface area (Å²) in [6.07, 6.45) is 3.38. The third-order valence-corrected chi connectivity index (χ3v) is 3.30. The van der Waals surface area contributed by atoms with E-state index in [2.05, 4.69) is 10.6 Å². The van der Waals surface area contributed by atoms with Crippen LogP contribution in [-0.2, 0) is 9.59 Å². The first-order chi connectivity index (χ1) is 8.11. The smallest absolute Gasteiger partial charge is 0.306 e. The van der Waals surface area contributed by atoms with Crippen LogP contribution in [0.2, 0.25) is 0 Å². The van der Waals surface area contributed by atoms with Gasteiger partial charge in [-0.05, 0) is 38.3 Å². The minimum absolute atomic E-state index is 0.0280. The lowest BCUT2D eigenvalue weighted by Crippen LogP contribution is -2.26. The minimum Gasteiger partial charge on any atom is -0.481 e. The minimum atomic E-state index is -0.682. The topological polar surface area (TPSA) is 78.4 Å². The highest BCUT2D eigenvalue weighted by Gasteiger charge is 2.29. The molecule has 5 nitrogen and oxygen atoms in total. The highest BCUT2D eigenvalue weighted by molar-refractivity contribution is 5.72. The van der Waals surface area contributed by atoms with Gasteiger partial charge in [0.15, 0.2) is 0 Å². The summed E-state index contributed by atoms with van der Waals surface area (Å²) >= 11 is 0. The number of rotatable bonds is 7. The van der Waals surface area contributed by atoms with Gasteiger partial charge >= 0.3 is 5.97 Å². The van der Waals surface area contributed by atoms with Gasteiger partial charge in [-0.25, -0.2) is 0 Å². The van der Waals surface area contributed by atoms with E-state index in [4.69, 9.17) is 0 Å². The third-order valence-electron chi connectivity index (χ3n) is 3.30. The van der Waals surface area contributed by atoms with Crippen LogP contribution in [0.1, 0.15) is 32.6 Å². The van der Waals surface area contributed by atoms with E-state index in [1.807, 2.05) is 0 Å². The molecule has 1 amide bonds. The maximum Gasteiger partial charge on any atom is 0.306 e. The molecule has 1 heterocycles. The van der Waals surface area contributed by atoms with Crippen LogP contribution in [-0.4, -0.2) is 36.6 Å². The maximum absolute atomic E-state index is 11.2. The van der Waals surface area contributed by atoms with Crippen LogP contribution in [0.3, 0.4) is 0 Å². The first kappa shape index (κ1) is 14.0. The van der Waals surface area contributed by atoms with Gasteiger partial charge in [-0.15, -0.1) is 0 Å². The largest absolute Gasteiger partial charge is 0.481 e. The number of unbranched alkanes of at least 4 members (excludes halogenated alkanes) is 1. The number of carbonyl (C=O) groups is 2. The average molecular weight is 242 g/mol. The normalized spacial score (nSPS) is 21.1. The molecule has 0 spiro atoms. The molecule has 0 saturated carbocycles. The fraction of sp³-hybridized carbons (Fsp3) is 0.833. The second-order valence-corrected chi connectivity index (χ2v) is 4.68. The molecule has 0 radical (unpaired) electrons. The molecule has 3 N–H and O–H groups in total. The van der Waals surface area contributed by atoms with E-state index in [1.54, 1.807) is 0 Å². The van der Waals surface area contributed by atoms with Gasteiger partial charge in [0.05, 0.1) is 5.92 Å². The standard InChI is InChI=1S/C12H22N2O3/c1-9(15)14-6-3-2-4-11(12(16)17)10-5-7-13-8-10/h10-11,13H,2-8H2,1H3,(H,14,15)(H,16,17)/t10-,11-/m0/s1. The van der Waals surface area contributed by atoms with E-state index in [0.29, 0.717) is 13.0 Å². The predicted octanol–water partition coefficient (Wildman–Crippen LogP) is 0.603. The molecule has 0 aromatic carbocycles. The quantitative estimate of drug-likeness (QED) is 0.571. The van der Waals surface area contributed by atoms with Gasteiger partial charge in [0.25, 0.3) is 0 Å². The lowest BCUT2D eigenvalue weighted by Gasteiger charge is -2.18. The molecule has 0 unspecified atom stereocenters. The number of aliphatic carboxylic acids is 1. The molecule has 1 saturated heterocycles. The number of hydrogen-bond donors (Lipinski definition) is 3. The van der Waals surface area contributed by atoms with Crippen molar-refractivity contribution < 1.29 is 14.7 Å². The van der Waals surface area contributed by atoms with E-state index < -0.39 is 5.97 Å². The van der Waals surface area contributed by atoms with Gasteiger partial charge in [0.1, 0.15) is 0 Å². The zero-order chi connectivity index (χ0) is 12.7. The highest BCUT2D eigenvalue weighted by Crippen LogP contribution is 2.24. The van der Waals surface area contributed by atoms with Crippen LogP contribution in [0.25, 0.3) is 0 Å². The Kier molecular flexibility index (Phi) is 5.97. The molecular weight excluding hydrogens is 220 g/mol. The fourth-order valence-corrected chi connectivity index (χ4v) is 2.33. The molecule has 0 aromatic rings. The highest BCUT2D eigenvalue weighted by atomic mass is 16.4. The molecule has 1 rings (SSSR count). The van der Waals surface area contributed by atoms with Gasteiger partial charge in [0.2, 0.25) is 5.91 Å². The first-order valence-corrected chi connectivity index (χ1v) is 6.29. The lowest BCUT2D eigenvalue weighted by atomic mass is 9.87. The van der Waals surface area contributed by atoms with Crippen LogP contribution >= 0.6 is 0 Å². The van der Waals surface area contributed by atoms with Crippen molar-refractivity contribution >= 4 is 11.9 Å². The number of amides is 1. The molecule has 0 aliphatic carbocycles. The van der Waals surface area contributed by atoms with Crippen molar-refractivity contribution in [3.8, 4) is 0 Å². The van der Waals surface area contributed by atoms with Crippen molar-refractivity contribution in [1.29, 1.82) is 0 Å². The van der Waals surface area contributed by atoms with E-state index in [9.17, 15) is 14.7 Å². The Morgan fingerprint density at radius 2 is 2.24 bits per heavy atom. The zero-order valence-corrected chi connectivity index (χ0v) is 10.4. The van der Waals surface area contributed by atoms with Crippen molar-refractivity contribution in [3.05, 3.63) is 0 Å². The van der Waals surface area contributed by atoms with Crippen LogP contribution < -0.4 is 10.6 Å². The summed E-state index contributed by atoms with van der Waals surface area (Å²) in [5.74, 6) is -0.673. The summed E-state index contributed by atoms with van der Waals surface area (Å²) in [5, 5.41) is 15.1. The van der Waals surface area contributed by atoms with Gasteiger partial charge in [-0.1, -0.05) is 6.42 Å². The second kappa shape index (κ2) is 7.27. The molecular formula is C12H22N2O3. The summed E-state index contributed by atoms with van der Waals surface area (Å²) < 4.78 is 0. The monoisotopic (exact) mass is 242 g/mol. The second-order valence-electron chi connectivity index (χ2n) is 4.68. The third kappa shape index (κ3) is 5.17. The first-order valence-electron chi connectivity index (χ1n) is 6.29. The fourth-order valence-electron chi connectivity index (χ4n) is 2.33. The molecule has 1 aliphatic rings. The number of nitrogens with one attached hydrogen (secondary N) is 2. The van der Waals surface area contributed by atoms with Gasteiger partial charge in [-0.3, -0.25) is 9.59 Å². The average Bonchev–Trinajstić information content (AvgIpc) is 2.75. The van der Waals surface area contributed by atoms with Crippen LogP contribution in [0.5, 0.6) is 0 Å². The zero-order valence-electron chi connectivity index (χ0n) is 10.4. The van der Waals surface area contributed by atoms with Crippen molar-refractivity contribution in [2.75, 3.05) is 19.6 Å². The Bertz CT molecular complexity index is 262. The number of hydrogen-bond acceptors (Lipinski definition) is 3. The Labute approximate surface area is 102 Å². The van der Waals surface area contributed by atoms with Crippen molar-refractivity contribution in [2.45, 2.75) is 32.6 Å². The lowest BCUT2D eigenvalue weighted by molar-refractivity contribution is -0.143. The van der Waals surface area contributed by atoms with E-state index in [0.717, 1.165) is 32.4 Å². The number of carbonyl (C=O) groups excluding carboxylic acids is 1. The Morgan fingerprint density at radius 3 is 2.76 bits per heavy atom. The maximum atomic E-state index is 11.2. The van der Waals surface area contributed by atoms with Gasteiger partial charge in [0, 0.05) is 13.5 Å². The molecule has 5 heteroatoms. The van der Waals surface area contributed by atoms with Crippen molar-refractivity contribution in [1.82, 2.24) is 10.6 Å². The van der Waals surface area contributed by atoms with Crippen LogP contribution in [0.4, 0.5) is 0 Å². The molecule has 1 aliphatic heterocycles. The van der Waals surface area contributed by atoms with E-state index >= 15 is 0 Å². The molecule has 0 aromatic heterocycles. The number of carboxylic acid groups (broad SMARTS) is 1. The Hall–Kier alpha value is -1.10. The van der Waals surface area contributed by atoms with E-state index in [1.165, 1.54) is 6.92 Å². The SMILES string of the molecule is CC(=O)NCCCC[C@H](C(=O)O)[C@H]1CCNC1. The Morgan fingerprint density at radius 1 is 1.47 bits per heavy atom. The van der Waals surface area contributed by atoms with Crippen molar-refractivity contribution in [2.24, 2.45) is 11.8 Å².